The van der Waals surface area contributed by atoms with E-state index in [1.54, 1.807) is 0 Å². The van der Waals surface area contributed by atoms with Crippen molar-refractivity contribution in [2.24, 2.45) is 0 Å². The molecular formula is C21H16ClN3. The summed E-state index contributed by atoms with van der Waals surface area (Å²) in [4.78, 5) is 0. The van der Waals surface area contributed by atoms with E-state index in [4.69, 9.17) is 16.7 Å². The Bertz CT molecular complexity index is 1100. The first-order chi connectivity index (χ1) is 12.3. The van der Waals surface area contributed by atoms with Gasteiger partial charge in [0.2, 0.25) is 0 Å². The van der Waals surface area contributed by atoms with Gasteiger partial charge in [-0.05, 0) is 35.4 Å². The van der Waals surface area contributed by atoms with Crippen LogP contribution < -0.4 is 5.32 Å². The fourth-order valence-electron chi connectivity index (χ4n) is 3.54. The van der Waals surface area contributed by atoms with Crippen LogP contribution in [0.1, 0.15) is 5.56 Å². The van der Waals surface area contributed by atoms with Crippen molar-refractivity contribution in [2.75, 3.05) is 11.9 Å². The van der Waals surface area contributed by atoms with E-state index in [0.717, 1.165) is 35.7 Å². The van der Waals surface area contributed by atoms with E-state index < -0.39 is 0 Å². The van der Waals surface area contributed by atoms with E-state index in [1.165, 1.54) is 16.3 Å². The number of halogens is 1. The second-order valence-electron chi connectivity index (χ2n) is 6.28. The monoisotopic (exact) mass is 345 g/mol. The molecule has 1 aliphatic heterocycles. The molecule has 0 radical (unpaired) electrons. The molecule has 0 fully saturated rings. The molecule has 3 aromatic carbocycles. The molecule has 0 saturated carbocycles. The molecule has 25 heavy (non-hydrogen) atoms. The molecule has 122 valence electrons. The van der Waals surface area contributed by atoms with Crippen molar-refractivity contribution < 1.29 is 0 Å². The first-order valence-corrected chi connectivity index (χ1v) is 8.79. The molecule has 3 nitrogen and oxygen atoms in total. The fourth-order valence-corrected chi connectivity index (χ4v) is 3.76. The number of fused-ring (bicyclic) bond motifs is 2. The molecule has 5 rings (SSSR count). The third-order valence-corrected chi connectivity index (χ3v) is 5.07. The van der Waals surface area contributed by atoms with E-state index in [2.05, 4.69) is 47.8 Å². The lowest BCUT2D eigenvalue weighted by molar-refractivity contribution is 0.883. The zero-order valence-electron chi connectivity index (χ0n) is 13.5. The van der Waals surface area contributed by atoms with Crippen LogP contribution in [0.5, 0.6) is 0 Å². The van der Waals surface area contributed by atoms with Gasteiger partial charge >= 0.3 is 0 Å². The van der Waals surface area contributed by atoms with Gasteiger partial charge in [-0.25, -0.2) is 4.68 Å². The molecule has 1 N–H and O–H groups in total. The highest BCUT2D eigenvalue weighted by molar-refractivity contribution is 6.32. The predicted molar refractivity (Wildman–Crippen MR) is 104 cm³/mol. The molecule has 0 unspecified atom stereocenters. The highest BCUT2D eigenvalue weighted by atomic mass is 35.5. The van der Waals surface area contributed by atoms with E-state index in [1.807, 2.05) is 28.9 Å². The molecule has 4 heteroatoms. The van der Waals surface area contributed by atoms with Gasteiger partial charge in [0, 0.05) is 17.7 Å². The normalized spacial score (nSPS) is 13.0. The third-order valence-electron chi connectivity index (χ3n) is 4.75. The molecule has 0 spiro atoms. The van der Waals surface area contributed by atoms with Gasteiger partial charge in [-0.2, -0.15) is 5.10 Å². The lowest BCUT2D eigenvalue weighted by atomic mass is 10.0. The largest absolute Gasteiger partial charge is 0.369 e. The standard InChI is InChI=1S/C21H16ClN3/c22-18-7-3-4-8-19(18)25-21-17(11-12-23-21)20(24-25)16-10-9-14-5-1-2-6-15(14)13-16/h1-10,13,23H,11-12H2. The van der Waals surface area contributed by atoms with E-state index in [-0.39, 0.29) is 0 Å². The summed E-state index contributed by atoms with van der Waals surface area (Å²) in [6, 6.07) is 22.8. The van der Waals surface area contributed by atoms with Crippen LogP contribution in [0, 0.1) is 0 Å². The molecule has 1 aromatic heterocycles. The zero-order valence-corrected chi connectivity index (χ0v) is 14.3. The molecule has 0 amide bonds. The molecule has 2 heterocycles. The molecule has 0 bridgehead atoms. The van der Waals surface area contributed by atoms with Gasteiger partial charge < -0.3 is 5.32 Å². The van der Waals surface area contributed by atoms with Gasteiger partial charge in [0.05, 0.1) is 16.4 Å². The number of nitrogens with one attached hydrogen (secondary N) is 1. The summed E-state index contributed by atoms with van der Waals surface area (Å²) in [6.45, 7) is 0.929. The Kier molecular flexibility index (Phi) is 3.28. The van der Waals surface area contributed by atoms with Crippen LogP contribution in [-0.2, 0) is 6.42 Å². The molecule has 1 aliphatic rings. The van der Waals surface area contributed by atoms with Crippen LogP contribution in [0.2, 0.25) is 5.02 Å². The number of hydrogen-bond acceptors (Lipinski definition) is 2. The first-order valence-electron chi connectivity index (χ1n) is 8.41. The van der Waals surface area contributed by atoms with Crippen molar-refractivity contribution in [2.45, 2.75) is 6.42 Å². The number of para-hydroxylation sites is 1. The van der Waals surface area contributed by atoms with E-state index in [9.17, 15) is 0 Å². The minimum absolute atomic E-state index is 0.701. The summed E-state index contributed by atoms with van der Waals surface area (Å²) in [6.07, 6.45) is 0.974. The van der Waals surface area contributed by atoms with Crippen molar-refractivity contribution in [3.63, 3.8) is 0 Å². The van der Waals surface area contributed by atoms with Crippen molar-refractivity contribution >= 4 is 28.2 Å². The fraction of sp³-hybridized carbons (Fsp3) is 0.0952. The van der Waals surface area contributed by atoms with Crippen LogP contribution in [0.15, 0.2) is 66.7 Å². The minimum Gasteiger partial charge on any atom is -0.369 e. The summed E-state index contributed by atoms with van der Waals surface area (Å²) < 4.78 is 1.94. The molecule has 0 aliphatic carbocycles. The Labute approximate surface area is 150 Å². The number of benzene rings is 3. The lowest BCUT2D eigenvalue weighted by Crippen LogP contribution is -2.04. The number of aromatic nitrogens is 2. The van der Waals surface area contributed by atoms with Crippen LogP contribution in [-0.4, -0.2) is 16.3 Å². The average molecular weight is 346 g/mol. The van der Waals surface area contributed by atoms with Gasteiger partial charge in [0.25, 0.3) is 0 Å². The maximum absolute atomic E-state index is 6.41. The number of nitrogens with zero attached hydrogens (tertiary/aromatic N) is 2. The van der Waals surface area contributed by atoms with E-state index >= 15 is 0 Å². The van der Waals surface area contributed by atoms with Crippen molar-refractivity contribution in [1.29, 1.82) is 0 Å². The molecule has 0 atom stereocenters. The average Bonchev–Trinajstić information content (AvgIpc) is 3.25. The highest BCUT2D eigenvalue weighted by Crippen LogP contribution is 2.36. The van der Waals surface area contributed by atoms with Gasteiger partial charge in [-0.1, -0.05) is 60.1 Å². The van der Waals surface area contributed by atoms with Crippen LogP contribution in [0.25, 0.3) is 27.7 Å². The summed E-state index contributed by atoms with van der Waals surface area (Å²) in [5.41, 5.74) is 4.34. The molecule has 0 saturated heterocycles. The maximum Gasteiger partial charge on any atom is 0.133 e. The first kappa shape index (κ1) is 14.6. The van der Waals surface area contributed by atoms with Crippen molar-refractivity contribution in [1.82, 2.24) is 9.78 Å². The second kappa shape index (κ2) is 5.64. The summed E-state index contributed by atoms with van der Waals surface area (Å²) in [5.74, 6) is 1.05. The highest BCUT2D eigenvalue weighted by Gasteiger charge is 2.24. The Morgan fingerprint density at radius 1 is 0.920 bits per heavy atom. The van der Waals surface area contributed by atoms with Gasteiger partial charge in [0.15, 0.2) is 0 Å². The maximum atomic E-state index is 6.41. The Morgan fingerprint density at radius 3 is 2.60 bits per heavy atom. The zero-order chi connectivity index (χ0) is 16.8. The SMILES string of the molecule is Clc1ccccc1-n1nc(-c2ccc3ccccc3c2)c2c1NCC2. The smallest absolute Gasteiger partial charge is 0.133 e. The number of anilines is 1. The quantitative estimate of drug-likeness (QED) is 0.533. The van der Waals surface area contributed by atoms with Crippen molar-refractivity contribution in [3.05, 3.63) is 77.3 Å². The van der Waals surface area contributed by atoms with Crippen LogP contribution in [0.4, 0.5) is 5.82 Å². The number of rotatable bonds is 2. The van der Waals surface area contributed by atoms with Crippen LogP contribution in [0.3, 0.4) is 0 Å². The van der Waals surface area contributed by atoms with E-state index in [0.29, 0.717) is 5.02 Å². The second-order valence-corrected chi connectivity index (χ2v) is 6.68. The predicted octanol–water partition coefficient (Wildman–Crippen LogP) is 5.31. The van der Waals surface area contributed by atoms with Crippen LogP contribution >= 0.6 is 11.6 Å². The summed E-state index contributed by atoms with van der Waals surface area (Å²) in [7, 11) is 0. The van der Waals surface area contributed by atoms with Gasteiger partial charge in [-0.3, -0.25) is 0 Å². The Balaban J connectivity index is 1.72. The topological polar surface area (TPSA) is 29.9 Å². The minimum atomic E-state index is 0.701. The Morgan fingerprint density at radius 2 is 1.72 bits per heavy atom. The third kappa shape index (κ3) is 2.31. The molecular weight excluding hydrogens is 330 g/mol. The summed E-state index contributed by atoms with van der Waals surface area (Å²) in [5, 5.41) is 11.5. The van der Waals surface area contributed by atoms with Gasteiger partial charge in [0.1, 0.15) is 5.82 Å². The Hall–Kier alpha value is -2.78. The van der Waals surface area contributed by atoms with Crippen molar-refractivity contribution in [3.8, 4) is 16.9 Å². The number of hydrogen-bond donors (Lipinski definition) is 1. The summed E-state index contributed by atoms with van der Waals surface area (Å²) >= 11 is 6.41. The molecule has 4 aromatic rings. The van der Waals surface area contributed by atoms with Gasteiger partial charge in [-0.15, -0.1) is 0 Å². The lowest BCUT2D eigenvalue weighted by Gasteiger charge is -2.08.